The highest BCUT2D eigenvalue weighted by atomic mass is 32.1. The Morgan fingerprint density at radius 1 is 1.11 bits per heavy atom. The van der Waals surface area contributed by atoms with Gasteiger partial charge in [0.1, 0.15) is 18.1 Å². The largest absolute Gasteiger partial charge is 0.464 e. The van der Waals surface area contributed by atoms with Crippen molar-refractivity contribution in [2.45, 2.75) is 117 Å². The van der Waals surface area contributed by atoms with E-state index in [1.54, 1.807) is 20.4 Å². The molecule has 1 spiro atoms. The van der Waals surface area contributed by atoms with Gasteiger partial charge in [-0.15, -0.1) is 11.3 Å². The van der Waals surface area contributed by atoms with Crippen LogP contribution in [0.4, 0.5) is 4.79 Å². The van der Waals surface area contributed by atoms with Crippen LogP contribution in [0.5, 0.6) is 0 Å². The fraction of sp³-hybridized carbons (Fsp3) is 0.592. The molecule has 8 rings (SSSR count). The zero-order chi connectivity index (χ0) is 46.5. The maximum atomic E-state index is 14.6. The van der Waals surface area contributed by atoms with Gasteiger partial charge in [-0.3, -0.25) is 24.4 Å². The van der Waals surface area contributed by atoms with Gasteiger partial charge < -0.3 is 34.1 Å². The van der Waals surface area contributed by atoms with Crippen molar-refractivity contribution < 1.29 is 28.7 Å². The quantitative estimate of drug-likeness (QED) is 0.183. The second-order valence-electron chi connectivity index (χ2n) is 20.2. The highest BCUT2D eigenvalue weighted by Gasteiger charge is 2.55. The Bertz CT molecular complexity index is 2430. The molecular formula is C49H67N9O6S. The van der Waals surface area contributed by atoms with E-state index in [1.165, 1.54) is 21.2 Å². The molecule has 4 aliphatic rings. The third-order valence-electron chi connectivity index (χ3n) is 14.2. The summed E-state index contributed by atoms with van der Waals surface area (Å²) in [4.78, 5) is 72.4. The minimum atomic E-state index is -1.03. The van der Waals surface area contributed by atoms with Gasteiger partial charge in [0, 0.05) is 97.2 Å². The van der Waals surface area contributed by atoms with Gasteiger partial charge in [0.25, 0.3) is 5.91 Å². The molecule has 0 radical (unpaired) electrons. The Labute approximate surface area is 387 Å². The van der Waals surface area contributed by atoms with Crippen LogP contribution in [0, 0.1) is 16.7 Å². The van der Waals surface area contributed by atoms with E-state index in [2.05, 4.69) is 79.3 Å². The first kappa shape index (κ1) is 46.6. The number of urea groups is 1. The molecule has 4 atom stereocenters. The number of likely N-dealkylation sites (N-methyl/N-ethyl adjacent to an activating group) is 1. The summed E-state index contributed by atoms with van der Waals surface area (Å²) in [6.07, 6.45) is 5.45. The molecule has 65 heavy (non-hydrogen) atoms. The number of carbonyl (C=O) groups excluding carboxylic acids is 4. The molecule has 15 nitrogen and oxygen atoms in total. The first-order chi connectivity index (χ1) is 30.9. The molecule has 6 heterocycles. The first-order valence-corrected chi connectivity index (χ1v) is 24.1. The maximum Gasteiger partial charge on any atom is 0.324 e. The number of carbonyl (C=O) groups is 4. The molecule has 2 N–H and O–H groups in total. The number of pyridine rings is 1. The maximum absolute atomic E-state index is 14.6. The van der Waals surface area contributed by atoms with Gasteiger partial charge in [0.05, 0.1) is 34.8 Å². The number of likely N-dealkylation sites (tertiary alicyclic amines) is 1. The Kier molecular flexibility index (Phi) is 13.2. The van der Waals surface area contributed by atoms with Crippen LogP contribution in [0.15, 0.2) is 41.9 Å². The number of nitrogens with zero attached hydrogens (tertiary/aromatic N) is 7. The highest BCUT2D eigenvalue weighted by molar-refractivity contribution is 7.10. The average Bonchev–Trinajstić information content (AvgIpc) is 3.84. The van der Waals surface area contributed by atoms with E-state index in [0.29, 0.717) is 56.5 Å². The number of methoxy groups -OCH3 is 1. The number of hydrazine groups is 1. The van der Waals surface area contributed by atoms with Crippen LogP contribution in [0.2, 0.25) is 0 Å². The van der Waals surface area contributed by atoms with E-state index in [1.807, 2.05) is 37.1 Å². The Hall–Kier alpha value is -4.90. The molecule has 0 unspecified atom stereocenters. The molecule has 1 aromatic carbocycles. The number of thiazole rings is 1. The van der Waals surface area contributed by atoms with Crippen molar-refractivity contribution in [2.75, 3.05) is 54.5 Å². The number of benzene rings is 1. The number of ether oxygens (including phenoxy) is 2. The van der Waals surface area contributed by atoms with Crippen LogP contribution >= 0.6 is 11.3 Å². The summed E-state index contributed by atoms with van der Waals surface area (Å²) in [5.74, 6) is -1.47. The lowest BCUT2D eigenvalue weighted by molar-refractivity contribution is -0.155. The van der Waals surface area contributed by atoms with Gasteiger partial charge in [-0.25, -0.2) is 15.2 Å². The van der Waals surface area contributed by atoms with Gasteiger partial charge in [-0.1, -0.05) is 33.8 Å². The van der Waals surface area contributed by atoms with Gasteiger partial charge in [-0.05, 0) is 95.8 Å². The van der Waals surface area contributed by atoms with Gasteiger partial charge in [-0.2, -0.15) is 0 Å². The number of hydrogen-bond acceptors (Lipinski definition) is 11. The van der Waals surface area contributed by atoms with Crippen molar-refractivity contribution >= 4 is 46.1 Å². The van der Waals surface area contributed by atoms with E-state index >= 15 is 0 Å². The molecule has 16 heteroatoms. The van der Waals surface area contributed by atoms with E-state index in [-0.39, 0.29) is 42.4 Å². The summed E-state index contributed by atoms with van der Waals surface area (Å²) < 4.78 is 14.3. The van der Waals surface area contributed by atoms with Crippen LogP contribution in [-0.4, -0.2) is 137 Å². The van der Waals surface area contributed by atoms with Gasteiger partial charge >= 0.3 is 12.0 Å². The number of fused-ring (bicyclic) bond motifs is 6. The molecule has 1 aliphatic carbocycles. The van der Waals surface area contributed by atoms with E-state index < -0.39 is 35.4 Å². The average molecular weight is 910 g/mol. The van der Waals surface area contributed by atoms with Gasteiger partial charge in [0.2, 0.25) is 5.91 Å². The third-order valence-corrected chi connectivity index (χ3v) is 15.0. The lowest BCUT2D eigenvalue weighted by Gasteiger charge is -2.60. The van der Waals surface area contributed by atoms with Crippen molar-refractivity contribution in [3.8, 4) is 22.5 Å². The van der Waals surface area contributed by atoms with Crippen LogP contribution < -0.4 is 10.7 Å². The topological polar surface area (TPSA) is 154 Å². The van der Waals surface area contributed by atoms with Crippen LogP contribution in [-0.2, 0) is 43.2 Å². The molecular weight excluding hydrogens is 843 g/mol. The molecule has 6 bridgehead atoms. The normalized spacial score (nSPS) is 22.0. The second-order valence-corrected chi connectivity index (χ2v) is 21.2. The lowest BCUT2D eigenvalue weighted by Crippen LogP contribution is -2.69. The van der Waals surface area contributed by atoms with Crippen molar-refractivity contribution in [1.82, 2.24) is 45.0 Å². The molecule has 1 saturated carbocycles. The summed E-state index contributed by atoms with van der Waals surface area (Å²) in [7, 11) is 7.56. The fourth-order valence-electron chi connectivity index (χ4n) is 10.6. The SMILES string of the molecule is CCn1c(-c2cccnc2[C@H](C)OC)c2c3cc(ccc31)-c1csc(n1)C[C@H](NC(=O)[C@H](C(C)C)N(C)C(=O)N1CC3(CC(N(C)C)C3)C1)C(=O)N1CCC[C@H](N1)C(=O)OCC(C)(C)C2. The Morgan fingerprint density at radius 2 is 1.86 bits per heavy atom. The number of hydrogen-bond donors (Lipinski definition) is 2. The van der Waals surface area contributed by atoms with Crippen LogP contribution in [0.3, 0.4) is 0 Å². The number of esters is 1. The molecule has 2 saturated heterocycles. The van der Waals surface area contributed by atoms with Crippen LogP contribution in [0.1, 0.15) is 89.6 Å². The number of amides is 4. The Balaban J connectivity index is 1.13. The zero-order valence-corrected chi connectivity index (χ0v) is 40.6. The summed E-state index contributed by atoms with van der Waals surface area (Å²) in [6, 6.07) is 8.21. The third kappa shape index (κ3) is 9.15. The predicted octanol–water partition coefficient (Wildman–Crippen LogP) is 6.30. The molecule has 3 aromatic heterocycles. The summed E-state index contributed by atoms with van der Waals surface area (Å²) in [6.45, 7) is 14.8. The molecule has 3 aliphatic heterocycles. The van der Waals surface area contributed by atoms with Crippen molar-refractivity contribution in [3.05, 3.63) is 58.2 Å². The zero-order valence-electron chi connectivity index (χ0n) is 39.8. The number of cyclic esters (lactones) is 1. The number of nitrogens with one attached hydrogen (secondary N) is 2. The number of aryl methyl sites for hydroxylation is 1. The van der Waals surface area contributed by atoms with Crippen molar-refractivity contribution in [3.63, 3.8) is 0 Å². The molecule has 350 valence electrons. The molecule has 4 aromatic rings. The number of rotatable bonds is 9. The smallest absolute Gasteiger partial charge is 0.324 e. The monoisotopic (exact) mass is 909 g/mol. The summed E-state index contributed by atoms with van der Waals surface area (Å²) in [5.41, 5.74) is 9.59. The standard InChI is InChI=1S/C49H67N9O6S/c1-11-57-39-17-16-31-20-34(39)35(43(57)33-14-12-18-50-41(33)30(4)63-10)24-48(5,6)28-64-46(61)36-15-13-19-58(53-36)45(60)37(21-40-51-38(31)25-65-40)52-44(59)42(29(2)3)55(9)47(62)56-26-49(27-56)22-32(23-49)54(7)8/h12,14,16-18,20,25,29-30,32,36-37,42,53H,11,13,15,19,21-24,26-28H2,1-10H3,(H,52,59)/t30-,36-,37-,42-/m0/s1. The lowest BCUT2D eigenvalue weighted by atomic mass is 9.60. The first-order valence-electron chi connectivity index (χ1n) is 23.2. The minimum Gasteiger partial charge on any atom is -0.464 e. The summed E-state index contributed by atoms with van der Waals surface area (Å²) >= 11 is 1.44. The van der Waals surface area contributed by atoms with E-state index in [0.717, 1.165) is 57.5 Å². The van der Waals surface area contributed by atoms with Crippen LogP contribution in [0.25, 0.3) is 33.4 Å². The van der Waals surface area contributed by atoms with Crippen molar-refractivity contribution in [2.24, 2.45) is 16.7 Å². The second kappa shape index (κ2) is 18.4. The van der Waals surface area contributed by atoms with Gasteiger partial charge in [0.15, 0.2) is 0 Å². The number of aromatic nitrogens is 3. The summed E-state index contributed by atoms with van der Waals surface area (Å²) in [5, 5.41) is 8.26. The highest BCUT2D eigenvalue weighted by Crippen LogP contribution is 2.50. The molecule has 3 fully saturated rings. The fourth-order valence-corrected chi connectivity index (χ4v) is 11.4. The predicted molar refractivity (Wildman–Crippen MR) is 252 cm³/mol. The van der Waals surface area contributed by atoms with E-state index in [4.69, 9.17) is 19.4 Å². The van der Waals surface area contributed by atoms with Crippen molar-refractivity contribution in [1.29, 1.82) is 0 Å². The molecule has 4 amide bonds. The Morgan fingerprint density at radius 3 is 2.55 bits per heavy atom. The minimum absolute atomic E-state index is 0.117. The van der Waals surface area contributed by atoms with E-state index in [9.17, 15) is 19.2 Å².